The first-order valence-electron chi connectivity index (χ1n) is 7.98. The van der Waals surface area contributed by atoms with Crippen molar-refractivity contribution in [2.45, 2.75) is 53.0 Å². The van der Waals surface area contributed by atoms with Crippen molar-refractivity contribution in [1.82, 2.24) is 5.32 Å². The van der Waals surface area contributed by atoms with Crippen LogP contribution in [-0.4, -0.2) is 17.0 Å². The molecule has 0 bridgehead atoms. The molecular weight excluding hydrogens is 282 g/mol. The third kappa shape index (κ3) is 3.90. The Morgan fingerprint density at radius 3 is 2.45 bits per heavy atom. The number of carboxylic acid groups (broad SMARTS) is 1. The highest BCUT2D eigenvalue weighted by Crippen LogP contribution is 2.33. The Balaban J connectivity index is 1.83. The summed E-state index contributed by atoms with van der Waals surface area (Å²) in [5, 5.41) is 11.8. The van der Waals surface area contributed by atoms with Crippen molar-refractivity contribution in [2.24, 2.45) is 17.8 Å². The molecule has 1 aliphatic rings. The number of hydrogen-bond donors (Lipinski definition) is 2. The molecule has 1 amide bonds. The molecule has 1 aromatic heterocycles. The van der Waals surface area contributed by atoms with Gasteiger partial charge in [0.15, 0.2) is 0 Å². The maximum Gasteiger partial charge on any atom is 0.339 e. The minimum Gasteiger partial charge on any atom is -0.478 e. The quantitative estimate of drug-likeness (QED) is 0.874. The molecule has 1 aliphatic carbocycles. The largest absolute Gasteiger partial charge is 0.478 e. The fourth-order valence-corrected chi connectivity index (χ4v) is 3.21. The Hall–Kier alpha value is -1.78. The van der Waals surface area contributed by atoms with Gasteiger partial charge in [0.1, 0.15) is 17.1 Å². The number of carbonyl (C=O) groups is 2. The van der Waals surface area contributed by atoms with E-state index in [0.29, 0.717) is 17.4 Å². The van der Waals surface area contributed by atoms with Gasteiger partial charge in [-0.1, -0.05) is 13.8 Å². The number of amides is 1. The van der Waals surface area contributed by atoms with Gasteiger partial charge in [0, 0.05) is 5.92 Å². The van der Waals surface area contributed by atoms with E-state index in [1.807, 2.05) is 0 Å². The van der Waals surface area contributed by atoms with Crippen LogP contribution in [0.2, 0.25) is 0 Å². The maximum absolute atomic E-state index is 12.2. The normalized spacial score (nSPS) is 21.8. The van der Waals surface area contributed by atoms with Crippen molar-refractivity contribution in [3.8, 4) is 0 Å². The second-order valence-electron chi connectivity index (χ2n) is 6.56. The number of nitrogens with one attached hydrogen (secondary N) is 1. The van der Waals surface area contributed by atoms with E-state index in [2.05, 4.69) is 19.2 Å². The maximum atomic E-state index is 12.2. The molecule has 1 fully saturated rings. The van der Waals surface area contributed by atoms with E-state index in [9.17, 15) is 9.59 Å². The summed E-state index contributed by atoms with van der Waals surface area (Å²) in [4.78, 5) is 23.2. The van der Waals surface area contributed by atoms with E-state index < -0.39 is 5.97 Å². The van der Waals surface area contributed by atoms with E-state index in [0.717, 1.165) is 31.6 Å². The van der Waals surface area contributed by atoms with Crippen molar-refractivity contribution in [1.29, 1.82) is 0 Å². The summed E-state index contributed by atoms with van der Waals surface area (Å²) in [7, 11) is 0. The molecule has 5 heteroatoms. The fraction of sp³-hybridized carbons (Fsp3) is 0.647. The monoisotopic (exact) mass is 307 g/mol. The lowest BCUT2D eigenvalue weighted by Gasteiger charge is -2.30. The van der Waals surface area contributed by atoms with E-state index in [4.69, 9.17) is 9.52 Å². The van der Waals surface area contributed by atoms with Crippen LogP contribution in [0.15, 0.2) is 10.5 Å². The second kappa shape index (κ2) is 6.99. The zero-order chi connectivity index (χ0) is 16.3. The lowest BCUT2D eigenvalue weighted by atomic mass is 9.77. The van der Waals surface area contributed by atoms with Crippen LogP contribution in [0.4, 0.5) is 0 Å². The molecule has 2 N–H and O–H groups in total. The summed E-state index contributed by atoms with van der Waals surface area (Å²) in [6, 6.07) is 1.48. The number of carboxylic acids is 1. The lowest BCUT2D eigenvalue weighted by molar-refractivity contribution is -0.126. The van der Waals surface area contributed by atoms with Gasteiger partial charge >= 0.3 is 5.97 Å². The third-order valence-electron chi connectivity index (χ3n) is 4.72. The van der Waals surface area contributed by atoms with Gasteiger partial charge in [0.2, 0.25) is 5.91 Å². The van der Waals surface area contributed by atoms with Gasteiger partial charge in [-0.3, -0.25) is 4.79 Å². The van der Waals surface area contributed by atoms with Gasteiger partial charge in [0.05, 0.1) is 6.54 Å². The summed E-state index contributed by atoms with van der Waals surface area (Å²) < 4.78 is 5.37. The number of aromatic carboxylic acids is 1. The van der Waals surface area contributed by atoms with E-state index in [1.54, 1.807) is 6.92 Å². The van der Waals surface area contributed by atoms with E-state index >= 15 is 0 Å². The number of rotatable bonds is 5. The predicted octanol–water partition coefficient (Wildman–Crippen LogP) is 3.36. The zero-order valence-electron chi connectivity index (χ0n) is 13.5. The number of aryl methyl sites for hydroxylation is 1. The lowest BCUT2D eigenvalue weighted by Crippen LogP contribution is -2.33. The first kappa shape index (κ1) is 16.6. The molecule has 1 saturated carbocycles. The van der Waals surface area contributed by atoms with E-state index in [1.165, 1.54) is 6.07 Å². The van der Waals surface area contributed by atoms with Crippen molar-refractivity contribution in [3.05, 3.63) is 23.2 Å². The smallest absolute Gasteiger partial charge is 0.339 e. The molecule has 1 aromatic rings. The molecule has 0 atom stereocenters. The topological polar surface area (TPSA) is 79.5 Å². The molecule has 0 saturated heterocycles. The molecule has 2 rings (SSSR count). The minimum atomic E-state index is -1.01. The highest BCUT2D eigenvalue weighted by atomic mass is 16.4. The molecule has 122 valence electrons. The molecule has 0 spiro atoms. The summed E-state index contributed by atoms with van der Waals surface area (Å²) >= 11 is 0. The van der Waals surface area contributed by atoms with Gasteiger partial charge in [-0.15, -0.1) is 0 Å². The molecule has 0 aliphatic heterocycles. The Kier molecular flexibility index (Phi) is 5.27. The molecule has 22 heavy (non-hydrogen) atoms. The molecule has 0 unspecified atom stereocenters. The second-order valence-corrected chi connectivity index (χ2v) is 6.56. The SMILES string of the molecule is Cc1oc(CNC(=O)C2CCC(C(C)C)CC2)cc1C(=O)O. The summed E-state index contributed by atoms with van der Waals surface area (Å²) in [6.45, 7) is 6.34. The Labute approximate surface area is 131 Å². The van der Waals surface area contributed by atoms with Crippen LogP contribution >= 0.6 is 0 Å². The molecule has 1 heterocycles. The summed E-state index contributed by atoms with van der Waals surface area (Å²) in [6.07, 6.45) is 4.09. The Morgan fingerprint density at radius 2 is 1.95 bits per heavy atom. The van der Waals surface area contributed by atoms with Crippen LogP contribution in [0, 0.1) is 24.7 Å². The van der Waals surface area contributed by atoms with Crippen LogP contribution in [0.1, 0.15) is 61.4 Å². The van der Waals surface area contributed by atoms with Crippen molar-refractivity contribution in [2.75, 3.05) is 0 Å². The summed E-state index contributed by atoms with van der Waals surface area (Å²) in [5.74, 6) is 1.39. The van der Waals surface area contributed by atoms with Crippen molar-refractivity contribution in [3.63, 3.8) is 0 Å². The standard InChI is InChI=1S/C17H25NO4/c1-10(2)12-4-6-13(7-5-12)16(19)18-9-14-8-15(17(20)21)11(3)22-14/h8,10,12-13H,4-7,9H2,1-3H3,(H,18,19)(H,20,21). The fourth-order valence-electron chi connectivity index (χ4n) is 3.21. The van der Waals surface area contributed by atoms with Gasteiger partial charge in [0.25, 0.3) is 0 Å². The zero-order valence-corrected chi connectivity index (χ0v) is 13.5. The van der Waals surface area contributed by atoms with E-state index in [-0.39, 0.29) is 23.9 Å². The van der Waals surface area contributed by atoms with Crippen LogP contribution in [-0.2, 0) is 11.3 Å². The first-order valence-corrected chi connectivity index (χ1v) is 7.98. The van der Waals surface area contributed by atoms with Gasteiger partial charge < -0.3 is 14.8 Å². The van der Waals surface area contributed by atoms with Crippen LogP contribution in [0.5, 0.6) is 0 Å². The average Bonchev–Trinajstić information content (AvgIpc) is 2.86. The van der Waals surface area contributed by atoms with Crippen LogP contribution in [0.3, 0.4) is 0 Å². The van der Waals surface area contributed by atoms with Crippen LogP contribution in [0.25, 0.3) is 0 Å². The highest BCUT2D eigenvalue weighted by molar-refractivity contribution is 5.88. The molecule has 5 nitrogen and oxygen atoms in total. The van der Waals surface area contributed by atoms with Crippen molar-refractivity contribution < 1.29 is 19.1 Å². The number of furan rings is 1. The summed E-state index contributed by atoms with van der Waals surface area (Å²) in [5.41, 5.74) is 0.154. The van der Waals surface area contributed by atoms with Gasteiger partial charge in [-0.25, -0.2) is 4.79 Å². The number of carbonyl (C=O) groups excluding carboxylic acids is 1. The van der Waals surface area contributed by atoms with Gasteiger partial charge in [-0.2, -0.15) is 0 Å². The third-order valence-corrected chi connectivity index (χ3v) is 4.72. The molecule has 0 aromatic carbocycles. The highest BCUT2D eigenvalue weighted by Gasteiger charge is 2.27. The van der Waals surface area contributed by atoms with Gasteiger partial charge in [-0.05, 0) is 50.5 Å². The first-order chi connectivity index (χ1) is 10.4. The molecular formula is C17H25NO4. The average molecular weight is 307 g/mol. The molecule has 0 radical (unpaired) electrons. The predicted molar refractivity (Wildman–Crippen MR) is 82.5 cm³/mol. The number of hydrogen-bond acceptors (Lipinski definition) is 3. The Bertz CT molecular complexity index is 539. The Morgan fingerprint density at radius 1 is 1.32 bits per heavy atom. The minimum absolute atomic E-state index is 0.0492. The van der Waals surface area contributed by atoms with Crippen molar-refractivity contribution >= 4 is 11.9 Å². The van der Waals surface area contributed by atoms with Crippen LogP contribution < -0.4 is 5.32 Å².